The largest absolute Gasteiger partial charge is 0.442 e. The lowest BCUT2D eigenvalue weighted by Crippen LogP contribution is -2.43. The highest BCUT2D eigenvalue weighted by molar-refractivity contribution is 7.18. The number of β-lactam (4-membered cyclic amide) rings is 1. The average molecular weight is 406 g/mol. The van der Waals surface area contributed by atoms with E-state index < -0.39 is 12.2 Å². The molecule has 0 radical (unpaired) electrons. The minimum atomic E-state index is -0.457. The quantitative estimate of drug-likeness (QED) is 0.776. The van der Waals surface area contributed by atoms with Crippen molar-refractivity contribution in [3.05, 3.63) is 45.6 Å². The van der Waals surface area contributed by atoms with Gasteiger partial charge in [0.05, 0.1) is 22.3 Å². The topological polar surface area (TPSA) is 79.0 Å². The van der Waals surface area contributed by atoms with Gasteiger partial charge in [-0.05, 0) is 36.4 Å². The number of hydrogen-bond acceptors (Lipinski definition) is 5. The second-order valence-corrected chi connectivity index (χ2v) is 7.96. The smallest absolute Gasteiger partial charge is 0.414 e. The highest BCUT2D eigenvalue weighted by Gasteiger charge is 2.33. The molecule has 0 unspecified atom stereocenters. The van der Waals surface area contributed by atoms with Gasteiger partial charge in [-0.25, -0.2) is 4.79 Å². The Hall–Kier alpha value is -2.58. The number of nitrogens with zero attached hydrogens (tertiary/aromatic N) is 2. The molecule has 1 atom stereocenters. The third kappa shape index (κ3) is 3.63. The van der Waals surface area contributed by atoms with Crippen molar-refractivity contribution >= 4 is 52.2 Å². The minimum Gasteiger partial charge on any atom is -0.442 e. The molecular weight excluding hydrogens is 390 g/mol. The Balaban J connectivity index is 1.34. The van der Waals surface area contributed by atoms with Crippen molar-refractivity contribution in [2.24, 2.45) is 0 Å². The molecule has 0 spiro atoms. The van der Waals surface area contributed by atoms with Gasteiger partial charge < -0.3 is 15.0 Å². The molecule has 2 saturated heterocycles. The summed E-state index contributed by atoms with van der Waals surface area (Å²) in [5.74, 6) is -0.142. The molecule has 2 fully saturated rings. The Morgan fingerprint density at radius 1 is 1.15 bits per heavy atom. The van der Waals surface area contributed by atoms with Gasteiger partial charge in [-0.2, -0.15) is 0 Å². The maximum absolute atomic E-state index is 12.2. The van der Waals surface area contributed by atoms with Crippen LogP contribution < -0.4 is 15.1 Å². The van der Waals surface area contributed by atoms with Crippen molar-refractivity contribution < 1.29 is 19.1 Å². The van der Waals surface area contributed by atoms with Crippen molar-refractivity contribution in [3.8, 4) is 0 Å². The van der Waals surface area contributed by atoms with Crippen LogP contribution in [0.4, 0.5) is 16.2 Å². The number of carbonyl (C=O) groups is 3. The van der Waals surface area contributed by atoms with Gasteiger partial charge in [0.25, 0.3) is 5.91 Å². The number of ether oxygens (including phenoxy) is 1. The zero-order chi connectivity index (χ0) is 19.0. The third-order valence-electron chi connectivity index (χ3n) is 4.48. The van der Waals surface area contributed by atoms with E-state index >= 15 is 0 Å². The molecule has 7 nitrogen and oxygen atoms in total. The van der Waals surface area contributed by atoms with Gasteiger partial charge in [-0.3, -0.25) is 14.5 Å². The van der Waals surface area contributed by atoms with Gasteiger partial charge in [0.2, 0.25) is 5.91 Å². The molecule has 27 heavy (non-hydrogen) atoms. The zero-order valence-electron chi connectivity index (χ0n) is 14.2. The Morgan fingerprint density at radius 3 is 2.41 bits per heavy atom. The van der Waals surface area contributed by atoms with Crippen LogP contribution in [0.1, 0.15) is 16.1 Å². The fourth-order valence-corrected chi connectivity index (χ4v) is 3.93. The first kappa shape index (κ1) is 17.8. The summed E-state index contributed by atoms with van der Waals surface area (Å²) in [6.07, 6.45) is -0.319. The van der Waals surface area contributed by atoms with Crippen LogP contribution in [0.3, 0.4) is 0 Å². The van der Waals surface area contributed by atoms with Crippen LogP contribution in [0, 0.1) is 0 Å². The van der Waals surface area contributed by atoms with E-state index in [1.54, 1.807) is 29.2 Å². The van der Waals surface area contributed by atoms with Gasteiger partial charge in [0.15, 0.2) is 0 Å². The molecule has 1 aromatic heterocycles. The maximum atomic E-state index is 12.2. The summed E-state index contributed by atoms with van der Waals surface area (Å²) in [6, 6.07) is 10.5. The van der Waals surface area contributed by atoms with E-state index in [4.69, 9.17) is 16.3 Å². The van der Waals surface area contributed by atoms with Crippen LogP contribution in [-0.2, 0) is 9.53 Å². The van der Waals surface area contributed by atoms with Crippen LogP contribution in [0.5, 0.6) is 0 Å². The lowest BCUT2D eigenvalue weighted by molar-refractivity contribution is -0.122. The second kappa shape index (κ2) is 7.21. The fourth-order valence-electron chi connectivity index (χ4n) is 2.97. The van der Waals surface area contributed by atoms with Crippen LogP contribution in [0.25, 0.3) is 0 Å². The first-order valence-corrected chi connectivity index (χ1v) is 9.63. The lowest BCUT2D eigenvalue weighted by atomic mass is 10.1. The van der Waals surface area contributed by atoms with Gasteiger partial charge in [-0.1, -0.05) is 11.6 Å². The first-order valence-electron chi connectivity index (χ1n) is 8.43. The Kier molecular flexibility index (Phi) is 4.75. The van der Waals surface area contributed by atoms with Crippen LogP contribution in [0.15, 0.2) is 36.4 Å². The highest BCUT2D eigenvalue weighted by Crippen LogP contribution is 2.27. The van der Waals surface area contributed by atoms with Crippen molar-refractivity contribution in [1.29, 1.82) is 0 Å². The maximum Gasteiger partial charge on any atom is 0.414 e. The van der Waals surface area contributed by atoms with E-state index in [0.717, 1.165) is 12.2 Å². The standard InChI is InChI=1S/C18H16ClN3O4S/c19-15-6-5-14(27-15)17(24)20-9-13-10-22(18(25)26-13)12-3-1-11(2-4-12)21-8-7-16(21)23/h1-6,13H,7-10H2,(H,20,24)/t13-/m0/s1. The van der Waals surface area contributed by atoms with Gasteiger partial charge in [0, 0.05) is 24.3 Å². The Bertz CT molecular complexity index is 898. The Labute approximate surface area is 164 Å². The molecule has 0 saturated carbocycles. The number of benzene rings is 1. The van der Waals surface area contributed by atoms with Crippen molar-refractivity contribution in [3.63, 3.8) is 0 Å². The van der Waals surface area contributed by atoms with E-state index in [-0.39, 0.29) is 18.4 Å². The predicted octanol–water partition coefficient (Wildman–Crippen LogP) is 2.89. The third-order valence-corrected chi connectivity index (χ3v) is 5.71. The molecule has 1 N–H and O–H groups in total. The van der Waals surface area contributed by atoms with Crippen molar-refractivity contribution in [1.82, 2.24) is 5.32 Å². The minimum absolute atomic E-state index is 0.103. The second-order valence-electron chi connectivity index (χ2n) is 6.24. The molecule has 1 aromatic carbocycles. The summed E-state index contributed by atoms with van der Waals surface area (Å²) < 4.78 is 5.88. The van der Waals surface area contributed by atoms with Gasteiger partial charge >= 0.3 is 6.09 Å². The molecule has 2 aliphatic rings. The van der Waals surface area contributed by atoms with Crippen molar-refractivity contribution in [2.45, 2.75) is 12.5 Å². The van der Waals surface area contributed by atoms with E-state index in [2.05, 4.69) is 5.32 Å². The molecule has 2 aliphatic heterocycles. The molecule has 9 heteroatoms. The summed E-state index contributed by atoms with van der Waals surface area (Å²) in [7, 11) is 0. The summed E-state index contributed by atoms with van der Waals surface area (Å²) >= 11 is 7.02. The Morgan fingerprint density at radius 2 is 1.85 bits per heavy atom. The number of carbonyl (C=O) groups excluding carboxylic acids is 3. The monoisotopic (exact) mass is 405 g/mol. The number of hydrogen-bond donors (Lipinski definition) is 1. The number of anilines is 2. The number of thiophene rings is 1. The number of nitrogens with one attached hydrogen (secondary N) is 1. The predicted molar refractivity (Wildman–Crippen MR) is 103 cm³/mol. The number of halogens is 1. The fraction of sp³-hybridized carbons (Fsp3) is 0.278. The van der Waals surface area contributed by atoms with Crippen LogP contribution in [-0.4, -0.2) is 43.6 Å². The van der Waals surface area contributed by atoms with Crippen molar-refractivity contribution in [2.75, 3.05) is 29.4 Å². The number of cyclic esters (lactones) is 1. The molecule has 0 bridgehead atoms. The molecule has 0 aliphatic carbocycles. The molecule has 140 valence electrons. The summed E-state index contributed by atoms with van der Waals surface area (Å²) in [5, 5.41) is 2.76. The number of amides is 3. The van der Waals surface area contributed by atoms with Crippen LogP contribution in [0.2, 0.25) is 4.34 Å². The zero-order valence-corrected chi connectivity index (χ0v) is 15.8. The summed E-state index contributed by atoms with van der Waals surface area (Å²) in [5.41, 5.74) is 1.51. The first-order chi connectivity index (χ1) is 13.0. The highest BCUT2D eigenvalue weighted by atomic mass is 35.5. The molecule has 2 aromatic rings. The summed E-state index contributed by atoms with van der Waals surface area (Å²) in [6.45, 7) is 1.28. The SMILES string of the molecule is O=C(NC[C@H]1CN(c2ccc(N3CCC3=O)cc2)C(=O)O1)c1ccc(Cl)s1. The average Bonchev–Trinajstić information content (AvgIpc) is 3.25. The van der Waals surface area contributed by atoms with Gasteiger partial charge in [-0.15, -0.1) is 11.3 Å². The van der Waals surface area contributed by atoms with E-state index in [9.17, 15) is 14.4 Å². The van der Waals surface area contributed by atoms with E-state index in [1.807, 2.05) is 12.1 Å². The normalized spacial score (nSPS) is 19.1. The lowest BCUT2D eigenvalue weighted by Gasteiger charge is -2.30. The summed E-state index contributed by atoms with van der Waals surface area (Å²) in [4.78, 5) is 39.4. The van der Waals surface area contributed by atoms with Gasteiger partial charge in [0.1, 0.15) is 6.10 Å². The molecular formula is C18H16ClN3O4S. The van der Waals surface area contributed by atoms with E-state index in [1.165, 1.54) is 16.2 Å². The molecule has 4 rings (SSSR count). The number of rotatable bonds is 5. The molecule has 3 amide bonds. The van der Waals surface area contributed by atoms with E-state index in [0.29, 0.717) is 27.9 Å². The van der Waals surface area contributed by atoms with Crippen LogP contribution >= 0.6 is 22.9 Å². The molecule has 3 heterocycles.